The Morgan fingerprint density at radius 3 is 2.64 bits per heavy atom. The van der Waals surface area contributed by atoms with Crippen molar-refractivity contribution in [1.29, 1.82) is 0 Å². The third-order valence-corrected chi connectivity index (χ3v) is 6.05. The largest absolute Gasteiger partial charge is 0.505 e. The van der Waals surface area contributed by atoms with Gasteiger partial charge in [-0.2, -0.15) is 0 Å². The van der Waals surface area contributed by atoms with Crippen molar-refractivity contribution in [3.63, 3.8) is 0 Å². The molecule has 2 heterocycles. The lowest BCUT2D eigenvalue weighted by Gasteiger charge is -2.29. The van der Waals surface area contributed by atoms with E-state index in [0.717, 1.165) is 42.8 Å². The summed E-state index contributed by atoms with van der Waals surface area (Å²) in [5.41, 5.74) is 0. The van der Waals surface area contributed by atoms with Gasteiger partial charge >= 0.3 is 5.00 Å². The predicted octanol–water partition coefficient (Wildman–Crippen LogP) is 3.37. The van der Waals surface area contributed by atoms with E-state index >= 15 is 0 Å². The van der Waals surface area contributed by atoms with Crippen LogP contribution in [0.5, 0.6) is 5.75 Å². The maximum atomic E-state index is 10.7. The lowest BCUT2D eigenvalue weighted by molar-refractivity contribution is -0.380. The van der Waals surface area contributed by atoms with Crippen molar-refractivity contribution >= 4 is 28.1 Å². The van der Waals surface area contributed by atoms with Gasteiger partial charge in [0.25, 0.3) is 0 Å². The number of nitro groups is 1. The van der Waals surface area contributed by atoms with Crippen LogP contribution in [0.15, 0.2) is 22.9 Å². The summed E-state index contributed by atoms with van der Waals surface area (Å²) in [5, 5.41) is 20.4. The lowest BCUT2D eigenvalue weighted by Crippen LogP contribution is -2.21. The minimum atomic E-state index is -0.414. The molecule has 2 atom stereocenters. The van der Waals surface area contributed by atoms with E-state index in [2.05, 4.69) is 15.0 Å². The molecule has 0 spiro atoms. The van der Waals surface area contributed by atoms with Gasteiger partial charge in [0.2, 0.25) is 0 Å². The van der Waals surface area contributed by atoms with Gasteiger partial charge in [0.15, 0.2) is 10.1 Å². The van der Waals surface area contributed by atoms with E-state index in [0.29, 0.717) is 4.34 Å². The molecule has 2 unspecified atom stereocenters. The van der Waals surface area contributed by atoms with Gasteiger partial charge in [0.1, 0.15) is 12.0 Å². The first kappa shape index (κ1) is 15.2. The molecular formula is C13H14N4O3S2. The Bertz CT molecular complexity index is 662. The van der Waals surface area contributed by atoms with Crippen molar-refractivity contribution in [2.75, 3.05) is 0 Å². The fraction of sp³-hybridized carbons (Fsp3) is 0.462. The van der Waals surface area contributed by atoms with Crippen LogP contribution in [0.1, 0.15) is 37.4 Å². The van der Waals surface area contributed by atoms with Crippen LogP contribution in [-0.2, 0) is 0 Å². The second kappa shape index (κ2) is 6.57. The second-order valence-electron chi connectivity index (χ2n) is 5.07. The molecule has 116 valence electrons. The average Bonchev–Trinajstić information content (AvgIpc) is 2.98. The van der Waals surface area contributed by atoms with Crippen molar-refractivity contribution in [3.8, 4) is 5.75 Å². The number of hydrogen-bond donors (Lipinski definition) is 1. The minimum Gasteiger partial charge on any atom is -0.505 e. The molecule has 0 aromatic carbocycles. The Kier molecular flexibility index (Phi) is 4.53. The number of aromatic nitrogens is 3. The van der Waals surface area contributed by atoms with Crippen LogP contribution in [-0.4, -0.2) is 30.2 Å². The standard InChI is InChI=1S/C13H14N4O3S2/c18-8-5-14-12(15-6-8)9-3-1-2-4-10(9)21-13-16-7-11(22-13)17(19)20/h5-7,9-10,18H,1-4H2. The molecule has 2 aromatic rings. The fourth-order valence-electron chi connectivity index (χ4n) is 2.57. The summed E-state index contributed by atoms with van der Waals surface area (Å²) in [6.45, 7) is 0. The van der Waals surface area contributed by atoms with Crippen molar-refractivity contribution in [3.05, 3.63) is 34.5 Å². The zero-order chi connectivity index (χ0) is 15.5. The van der Waals surface area contributed by atoms with E-state index in [-0.39, 0.29) is 21.9 Å². The van der Waals surface area contributed by atoms with Crippen LogP contribution in [0.4, 0.5) is 5.00 Å². The molecule has 0 aliphatic heterocycles. The van der Waals surface area contributed by atoms with E-state index in [9.17, 15) is 15.2 Å². The highest BCUT2D eigenvalue weighted by Gasteiger charge is 2.30. The van der Waals surface area contributed by atoms with E-state index in [1.807, 2.05) is 0 Å². The van der Waals surface area contributed by atoms with Gasteiger partial charge in [-0.3, -0.25) is 10.1 Å². The van der Waals surface area contributed by atoms with Crippen LogP contribution < -0.4 is 0 Å². The Balaban J connectivity index is 1.77. The molecule has 1 saturated carbocycles. The number of hydrogen-bond acceptors (Lipinski definition) is 8. The summed E-state index contributed by atoms with van der Waals surface area (Å²) in [6.07, 6.45) is 8.36. The van der Waals surface area contributed by atoms with Crippen molar-refractivity contribution in [2.24, 2.45) is 0 Å². The number of thioether (sulfide) groups is 1. The first-order chi connectivity index (χ1) is 10.6. The molecule has 1 fully saturated rings. The fourth-order valence-corrected chi connectivity index (χ4v) is 4.94. The average molecular weight is 338 g/mol. The van der Waals surface area contributed by atoms with E-state index in [4.69, 9.17) is 0 Å². The summed E-state index contributed by atoms with van der Waals surface area (Å²) < 4.78 is 0.711. The van der Waals surface area contributed by atoms with Crippen LogP contribution in [0.2, 0.25) is 0 Å². The molecule has 0 bridgehead atoms. The molecule has 2 aromatic heterocycles. The van der Waals surface area contributed by atoms with Crippen molar-refractivity contribution in [1.82, 2.24) is 15.0 Å². The smallest absolute Gasteiger partial charge is 0.344 e. The molecule has 1 N–H and O–H groups in total. The van der Waals surface area contributed by atoms with Crippen LogP contribution in [0.3, 0.4) is 0 Å². The number of aromatic hydroxyl groups is 1. The summed E-state index contributed by atoms with van der Waals surface area (Å²) in [6, 6.07) is 0. The Morgan fingerprint density at radius 1 is 1.23 bits per heavy atom. The molecule has 7 nitrogen and oxygen atoms in total. The monoisotopic (exact) mass is 338 g/mol. The normalized spacial score (nSPS) is 21.6. The summed E-state index contributed by atoms with van der Waals surface area (Å²) in [5.74, 6) is 0.961. The molecule has 22 heavy (non-hydrogen) atoms. The topological polar surface area (TPSA) is 102 Å². The summed E-state index contributed by atoms with van der Waals surface area (Å²) in [4.78, 5) is 22.9. The number of rotatable bonds is 4. The Hall–Kier alpha value is -1.74. The van der Waals surface area contributed by atoms with Gasteiger partial charge in [0, 0.05) is 11.2 Å². The first-order valence-electron chi connectivity index (χ1n) is 6.91. The summed E-state index contributed by atoms with van der Waals surface area (Å²) in [7, 11) is 0. The number of nitrogens with zero attached hydrogens (tertiary/aromatic N) is 4. The summed E-state index contributed by atoms with van der Waals surface area (Å²) >= 11 is 2.68. The molecule has 0 radical (unpaired) electrons. The van der Waals surface area contributed by atoms with Gasteiger partial charge in [-0.25, -0.2) is 15.0 Å². The highest BCUT2D eigenvalue weighted by molar-refractivity contribution is 8.01. The highest BCUT2D eigenvalue weighted by atomic mass is 32.2. The Labute approximate surface area is 135 Å². The zero-order valence-electron chi connectivity index (χ0n) is 11.6. The molecule has 3 rings (SSSR count). The quantitative estimate of drug-likeness (QED) is 0.673. The molecular weight excluding hydrogens is 324 g/mol. The predicted molar refractivity (Wildman–Crippen MR) is 83.3 cm³/mol. The highest BCUT2D eigenvalue weighted by Crippen LogP contribution is 2.43. The maximum Gasteiger partial charge on any atom is 0.344 e. The van der Waals surface area contributed by atoms with Crippen LogP contribution in [0.25, 0.3) is 0 Å². The van der Waals surface area contributed by atoms with E-state index in [1.165, 1.54) is 18.6 Å². The van der Waals surface area contributed by atoms with Gasteiger partial charge in [-0.1, -0.05) is 24.6 Å². The van der Waals surface area contributed by atoms with E-state index < -0.39 is 4.92 Å². The SMILES string of the molecule is O=[N+]([O-])c1cnc(SC2CCCCC2c2ncc(O)cn2)s1. The molecule has 0 amide bonds. The Morgan fingerprint density at radius 2 is 1.95 bits per heavy atom. The van der Waals surface area contributed by atoms with Crippen LogP contribution in [0, 0.1) is 10.1 Å². The minimum absolute atomic E-state index is 0.0549. The molecule has 1 aliphatic carbocycles. The third kappa shape index (κ3) is 3.36. The lowest BCUT2D eigenvalue weighted by atomic mass is 9.88. The molecule has 0 saturated heterocycles. The molecule has 9 heteroatoms. The number of thiazole rings is 1. The van der Waals surface area contributed by atoms with E-state index in [1.54, 1.807) is 11.8 Å². The van der Waals surface area contributed by atoms with Gasteiger partial charge < -0.3 is 5.11 Å². The third-order valence-electron chi connectivity index (χ3n) is 3.60. The van der Waals surface area contributed by atoms with Crippen molar-refractivity contribution in [2.45, 2.75) is 41.2 Å². The second-order valence-corrected chi connectivity index (χ2v) is 7.56. The van der Waals surface area contributed by atoms with Gasteiger partial charge in [-0.05, 0) is 24.2 Å². The van der Waals surface area contributed by atoms with Gasteiger partial charge in [-0.15, -0.1) is 0 Å². The first-order valence-corrected chi connectivity index (χ1v) is 8.61. The van der Waals surface area contributed by atoms with Crippen molar-refractivity contribution < 1.29 is 10.0 Å². The van der Waals surface area contributed by atoms with Crippen LogP contribution >= 0.6 is 23.1 Å². The van der Waals surface area contributed by atoms with Gasteiger partial charge in [0.05, 0.1) is 17.3 Å². The maximum absolute atomic E-state index is 10.7. The molecule has 1 aliphatic rings. The zero-order valence-corrected chi connectivity index (χ0v) is 13.2.